The third kappa shape index (κ3) is 4.11. The molecular weight excluding hydrogens is 403 g/mol. The van der Waals surface area contributed by atoms with Crippen LogP contribution in [0.2, 0.25) is 0 Å². The highest BCUT2D eigenvalue weighted by Gasteiger charge is 2.46. The van der Waals surface area contributed by atoms with Gasteiger partial charge in [-0.2, -0.15) is 21.6 Å². The van der Waals surface area contributed by atoms with Crippen LogP contribution in [0.3, 0.4) is 0 Å². The lowest BCUT2D eigenvalue weighted by atomic mass is 9.98. The maximum Gasteiger partial charge on any atom is 0.516 e. The minimum Gasteiger partial charge on any atom is -0.361 e. The molecule has 29 heavy (non-hydrogen) atoms. The minimum absolute atomic E-state index is 0.0742. The molecule has 5 nitrogen and oxygen atoms in total. The molecule has 4 rings (SSSR count). The Morgan fingerprint density at radius 3 is 2.72 bits per heavy atom. The summed E-state index contributed by atoms with van der Waals surface area (Å²) in [6.45, 7) is 2.40. The molecule has 1 unspecified atom stereocenters. The number of nitrogens with zero attached hydrogens (tertiary/aromatic N) is 1. The Morgan fingerprint density at radius 1 is 1.14 bits per heavy atom. The van der Waals surface area contributed by atoms with Crippen LogP contribution in [0.4, 0.5) is 18.9 Å². The molecule has 1 aromatic heterocycles. The van der Waals surface area contributed by atoms with Crippen LogP contribution in [-0.2, 0) is 16.6 Å². The van der Waals surface area contributed by atoms with E-state index in [4.69, 9.17) is 0 Å². The third-order valence-corrected chi connectivity index (χ3v) is 6.37. The number of likely N-dealkylation sites (tertiary alicyclic amines) is 1. The lowest BCUT2D eigenvalue weighted by Crippen LogP contribution is -2.29. The molecule has 2 heterocycles. The number of aromatic nitrogens is 1. The van der Waals surface area contributed by atoms with Gasteiger partial charge in [0.25, 0.3) is 0 Å². The molecule has 0 saturated carbocycles. The fourth-order valence-corrected chi connectivity index (χ4v) is 4.37. The lowest BCUT2D eigenvalue weighted by Gasteiger charge is -2.17. The summed E-state index contributed by atoms with van der Waals surface area (Å²) in [7, 11) is -5.42. The molecule has 1 aliphatic heterocycles. The van der Waals surface area contributed by atoms with Crippen molar-refractivity contribution in [2.24, 2.45) is 0 Å². The van der Waals surface area contributed by atoms with E-state index < -0.39 is 15.5 Å². The van der Waals surface area contributed by atoms with Crippen LogP contribution in [0.15, 0.2) is 54.7 Å². The fraction of sp³-hybridized carbons (Fsp3) is 0.300. The highest BCUT2D eigenvalue weighted by atomic mass is 32.2. The Bertz CT molecular complexity index is 1130. The molecule has 0 radical (unpaired) electrons. The SMILES string of the molecule is O=S(=O)(Nc1cccc(C2CCN(Cc3c[nH]c4ccccc34)C2)c1)C(F)(F)F. The molecule has 1 saturated heterocycles. The van der Waals surface area contributed by atoms with Crippen molar-refractivity contribution in [1.82, 2.24) is 9.88 Å². The van der Waals surface area contributed by atoms with Crippen molar-refractivity contribution in [3.05, 3.63) is 65.9 Å². The summed E-state index contributed by atoms with van der Waals surface area (Å²) in [6, 6.07) is 14.3. The fourth-order valence-electron chi connectivity index (χ4n) is 3.82. The normalized spacial score (nSPS) is 18.4. The summed E-state index contributed by atoms with van der Waals surface area (Å²) in [5.41, 5.74) is -2.30. The predicted molar refractivity (Wildman–Crippen MR) is 106 cm³/mol. The average molecular weight is 423 g/mol. The van der Waals surface area contributed by atoms with Gasteiger partial charge in [0.15, 0.2) is 0 Å². The zero-order valence-electron chi connectivity index (χ0n) is 15.4. The van der Waals surface area contributed by atoms with E-state index in [0.29, 0.717) is 0 Å². The molecule has 0 aliphatic carbocycles. The number of rotatable bonds is 5. The topological polar surface area (TPSA) is 65.2 Å². The number of nitrogens with one attached hydrogen (secondary N) is 2. The van der Waals surface area contributed by atoms with Crippen molar-refractivity contribution in [3.8, 4) is 0 Å². The molecule has 1 atom stereocenters. The van der Waals surface area contributed by atoms with E-state index in [9.17, 15) is 21.6 Å². The van der Waals surface area contributed by atoms with Crippen LogP contribution in [-0.4, -0.2) is 36.9 Å². The Balaban J connectivity index is 1.45. The van der Waals surface area contributed by atoms with Gasteiger partial charge in [0.1, 0.15) is 0 Å². The Labute approximate surface area is 166 Å². The molecule has 1 aliphatic rings. The molecule has 2 N–H and O–H groups in total. The summed E-state index contributed by atoms with van der Waals surface area (Å²) in [5.74, 6) is 0.135. The number of hydrogen-bond donors (Lipinski definition) is 2. The number of anilines is 1. The number of alkyl halides is 3. The second kappa shape index (κ2) is 7.38. The second-order valence-electron chi connectivity index (χ2n) is 7.26. The van der Waals surface area contributed by atoms with Gasteiger partial charge in [0.05, 0.1) is 0 Å². The molecule has 0 spiro atoms. The molecule has 0 bridgehead atoms. The van der Waals surface area contributed by atoms with E-state index in [1.165, 1.54) is 23.1 Å². The van der Waals surface area contributed by atoms with Crippen LogP contribution < -0.4 is 4.72 Å². The second-order valence-corrected chi connectivity index (χ2v) is 8.93. The zero-order chi connectivity index (χ0) is 20.6. The Morgan fingerprint density at radius 2 is 1.93 bits per heavy atom. The first-order valence-electron chi connectivity index (χ1n) is 9.19. The number of benzene rings is 2. The maximum atomic E-state index is 12.6. The van der Waals surface area contributed by atoms with E-state index in [1.807, 2.05) is 30.5 Å². The van der Waals surface area contributed by atoms with Gasteiger partial charge in [0.2, 0.25) is 0 Å². The smallest absolute Gasteiger partial charge is 0.361 e. The van der Waals surface area contributed by atoms with Crippen molar-refractivity contribution in [1.29, 1.82) is 0 Å². The van der Waals surface area contributed by atoms with Crippen molar-refractivity contribution in [2.45, 2.75) is 24.4 Å². The van der Waals surface area contributed by atoms with E-state index in [1.54, 1.807) is 10.8 Å². The monoisotopic (exact) mass is 423 g/mol. The minimum atomic E-state index is -5.42. The Kier molecular flexibility index (Phi) is 5.04. The van der Waals surface area contributed by atoms with Crippen LogP contribution >= 0.6 is 0 Å². The third-order valence-electron chi connectivity index (χ3n) is 5.26. The molecule has 3 aromatic rings. The first-order valence-corrected chi connectivity index (χ1v) is 10.7. The van der Waals surface area contributed by atoms with E-state index >= 15 is 0 Å². The predicted octanol–water partition coefficient (Wildman–Crippen LogP) is 4.42. The van der Waals surface area contributed by atoms with E-state index in [-0.39, 0.29) is 11.6 Å². The van der Waals surface area contributed by atoms with Crippen molar-refractivity contribution in [2.75, 3.05) is 17.8 Å². The number of para-hydroxylation sites is 1. The first kappa shape index (κ1) is 19.8. The van der Waals surface area contributed by atoms with Gasteiger partial charge in [-0.3, -0.25) is 9.62 Å². The van der Waals surface area contributed by atoms with E-state index in [2.05, 4.69) is 16.0 Å². The van der Waals surface area contributed by atoms with Crippen LogP contribution in [0.1, 0.15) is 23.5 Å². The van der Waals surface area contributed by atoms with Gasteiger partial charge >= 0.3 is 15.5 Å². The largest absolute Gasteiger partial charge is 0.516 e. The number of H-pyrrole nitrogens is 1. The number of halogens is 3. The summed E-state index contributed by atoms with van der Waals surface area (Å²) in [6.07, 6.45) is 2.86. The standard InChI is InChI=1S/C20H20F3N3O2S/c21-20(22,23)29(27,28)25-17-5-3-4-14(10-17)15-8-9-26(12-15)13-16-11-24-19-7-2-1-6-18(16)19/h1-7,10-11,15,24-25H,8-9,12-13H2. The molecular formula is C20H20F3N3O2S. The number of fused-ring (bicyclic) bond motifs is 1. The highest BCUT2D eigenvalue weighted by molar-refractivity contribution is 7.93. The van der Waals surface area contributed by atoms with Crippen molar-refractivity contribution < 1.29 is 21.6 Å². The summed E-state index contributed by atoms with van der Waals surface area (Å²) in [4.78, 5) is 5.56. The summed E-state index contributed by atoms with van der Waals surface area (Å²) in [5, 5.41) is 1.18. The molecule has 0 amide bonds. The zero-order valence-corrected chi connectivity index (χ0v) is 16.2. The van der Waals surface area contributed by atoms with Gasteiger partial charge < -0.3 is 4.98 Å². The first-order chi connectivity index (χ1) is 13.7. The van der Waals surface area contributed by atoms with Gasteiger partial charge in [-0.1, -0.05) is 30.3 Å². The molecule has 154 valence electrons. The Hall–Kier alpha value is -2.52. The van der Waals surface area contributed by atoms with Crippen LogP contribution in [0.5, 0.6) is 0 Å². The highest BCUT2D eigenvalue weighted by Crippen LogP contribution is 2.32. The van der Waals surface area contributed by atoms with Crippen molar-refractivity contribution in [3.63, 3.8) is 0 Å². The van der Waals surface area contributed by atoms with Gasteiger partial charge in [-0.05, 0) is 48.2 Å². The number of sulfonamides is 1. The lowest BCUT2D eigenvalue weighted by molar-refractivity contribution is -0.0429. The summed E-state index contributed by atoms with van der Waals surface area (Å²) < 4.78 is 62.1. The van der Waals surface area contributed by atoms with Crippen LogP contribution in [0, 0.1) is 0 Å². The average Bonchev–Trinajstić information content (AvgIpc) is 3.29. The number of aromatic amines is 1. The van der Waals surface area contributed by atoms with Gasteiger partial charge in [-0.15, -0.1) is 0 Å². The van der Waals surface area contributed by atoms with Gasteiger partial charge in [-0.25, -0.2) is 0 Å². The van der Waals surface area contributed by atoms with Crippen LogP contribution in [0.25, 0.3) is 10.9 Å². The quantitative estimate of drug-likeness (QED) is 0.639. The molecule has 2 aromatic carbocycles. The maximum absolute atomic E-state index is 12.6. The molecule has 1 fully saturated rings. The molecule has 9 heteroatoms. The van der Waals surface area contributed by atoms with Crippen molar-refractivity contribution >= 4 is 26.6 Å². The van der Waals surface area contributed by atoms with E-state index in [0.717, 1.165) is 37.1 Å². The van der Waals surface area contributed by atoms with Gasteiger partial charge in [0, 0.05) is 35.9 Å². The summed E-state index contributed by atoms with van der Waals surface area (Å²) >= 11 is 0. The number of hydrogen-bond acceptors (Lipinski definition) is 3.